The van der Waals surface area contributed by atoms with Gasteiger partial charge in [-0.1, -0.05) is 30.3 Å². The highest BCUT2D eigenvalue weighted by Crippen LogP contribution is 2.21. The van der Waals surface area contributed by atoms with Crippen molar-refractivity contribution < 1.29 is 13.2 Å². The number of benzene rings is 1. The lowest BCUT2D eigenvalue weighted by atomic mass is 9.97. The maximum Gasteiger partial charge on any atom is 0.236 e. The third kappa shape index (κ3) is 5.18. The van der Waals surface area contributed by atoms with Gasteiger partial charge in [0.25, 0.3) is 0 Å². The topological polar surface area (TPSA) is 66.5 Å². The molecule has 126 valence electrons. The highest BCUT2D eigenvalue weighted by atomic mass is 32.2. The van der Waals surface area contributed by atoms with Gasteiger partial charge in [-0.3, -0.25) is 4.79 Å². The van der Waals surface area contributed by atoms with Crippen molar-refractivity contribution in [3.63, 3.8) is 0 Å². The molecule has 1 saturated heterocycles. The Labute approximate surface area is 138 Å². The Morgan fingerprint density at radius 3 is 2.39 bits per heavy atom. The van der Waals surface area contributed by atoms with Crippen molar-refractivity contribution in [3.8, 4) is 0 Å². The second kappa shape index (κ2) is 7.75. The first-order valence-corrected chi connectivity index (χ1v) is 9.42. The van der Waals surface area contributed by atoms with Gasteiger partial charge in [0.1, 0.15) is 0 Å². The molecule has 1 aliphatic heterocycles. The summed E-state index contributed by atoms with van der Waals surface area (Å²) in [7, 11) is -3.43. The smallest absolute Gasteiger partial charge is 0.236 e. The first-order chi connectivity index (χ1) is 10.9. The van der Waals surface area contributed by atoms with E-state index in [1.54, 1.807) is 6.08 Å². The molecule has 6 heteroatoms. The predicted molar refractivity (Wildman–Crippen MR) is 92.0 cm³/mol. The van der Waals surface area contributed by atoms with Crippen molar-refractivity contribution in [2.75, 3.05) is 13.1 Å². The van der Waals surface area contributed by atoms with E-state index in [2.05, 4.69) is 5.32 Å². The number of piperidine rings is 1. The fraction of sp³-hybridized carbons (Fsp3) is 0.471. The van der Waals surface area contributed by atoms with Gasteiger partial charge in [-0.15, -0.1) is 0 Å². The summed E-state index contributed by atoms with van der Waals surface area (Å²) in [5.41, 5.74) is 0.849. The Kier molecular flexibility index (Phi) is 5.96. The van der Waals surface area contributed by atoms with Crippen LogP contribution in [0, 0.1) is 5.92 Å². The van der Waals surface area contributed by atoms with Gasteiger partial charge in [-0.05, 0) is 38.3 Å². The van der Waals surface area contributed by atoms with Crippen molar-refractivity contribution in [2.24, 2.45) is 5.92 Å². The largest absolute Gasteiger partial charge is 0.354 e. The van der Waals surface area contributed by atoms with E-state index in [1.807, 2.05) is 44.2 Å². The van der Waals surface area contributed by atoms with Crippen LogP contribution in [0.5, 0.6) is 0 Å². The number of carbonyl (C=O) groups is 1. The third-order valence-corrected chi connectivity index (χ3v) is 5.41. The molecule has 0 radical (unpaired) electrons. The van der Waals surface area contributed by atoms with E-state index in [0.717, 1.165) is 5.56 Å². The Balaban J connectivity index is 1.93. The van der Waals surface area contributed by atoms with Crippen LogP contribution in [0.1, 0.15) is 32.3 Å². The summed E-state index contributed by atoms with van der Waals surface area (Å²) in [4.78, 5) is 12.0. The van der Waals surface area contributed by atoms with Crippen molar-refractivity contribution in [1.82, 2.24) is 9.62 Å². The number of rotatable bonds is 5. The van der Waals surface area contributed by atoms with E-state index >= 15 is 0 Å². The number of hydrogen-bond donors (Lipinski definition) is 1. The Morgan fingerprint density at radius 2 is 1.83 bits per heavy atom. The Morgan fingerprint density at radius 1 is 1.22 bits per heavy atom. The van der Waals surface area contributed by atoms with Gasteiger partial charge >= 0.3 is 0 Å². The molecule has 1 aromatic carbocycles. The highest BCUT2D eigenvalue weighted by molar-refractivity contribution is 7.92. The van der Waals surface area contributed by atoms with Crippen LogP contribution in [0.25, 0.3) is 6.08 Å². The maximum absolute atomic E-state index is 12.4. The molecule has 0 aliphatic carbocycles. The lowest BCUT2D eigenvalue weighted by Crippen LogP contribution is -2.43. The van der Waals surface area contributed by atoms with Gasteiger partial charge in [0, 0.05) is 30.5 Å². The van der Waals surface area contributed by atoms with E-state index in [1.165, 1.54) is 9.71 Å². The van der Waals surface area contributed by atoms with Gasteiger partial charge < -0.3 is 5.32 Å². The minimum absolute atomic E-state index is 0.0249. The second-order valence-corrected chi connectivity index (χ2v) is 7.91. The van der Waals surface area contributed by atoms with Gasteiger partial charge in [-0.2, -0.15) is 4.31 Å². The Hall–Kier alpha value is -1.66. The SMILES string of the molecule is CC(C)NC(=O)C1CCN(S(=O)(=O)C=Cc2ccccc2)CC1. The number of carbonyl (C=O) groups excluding carboxylic acids is 1. The Bertz CT molecular complexity index is 646. The summed E-state index contributed by atoms with van der Waals surface area (Å²) in [5.74, 6) is -0.0705. The van der Waals surface area contributed by atoms with Crippen molar-refractivity contribution in [2.45, 2.75) is 32.7 Å². The third-order valence-electron chi connectivity index (χ3n) is 3.85. The predicted octanol–water partition coefficient (Wildman–Crippen LogP) is 2.22. The minimum Gasteiger partial charge on any atom is -0.354 e. The van der Waals surface area contributed by atoms with Gasteiger partial charge in [-0.25, -0.2) is 8.42 Å². The van der Waals surface area contributed by atoms with E-state index in [-0.39, 0.29) is 17.9 Å². The molecule has 1 amide bonds. The zero-order valence-electron chi connectivity index (χ0n) is 13.6. The second-order valence-electron chi connectivity index (χ2n) is 6.09. The summed E-state index contributed by atoms with van der Waals surface area (Å²) >= 11 is 0. The van der Waals surface area contributed by atoms with Crippen LogP contribution in [0.3, 0.4) is 0 Å². The summed E-state index contributed by atoms with van der Waals surface area (Å²) in [5, 5.41) is 4.14. The molecule has 1 heterocycles. The standard InChI is InChI=1S/C17H24N2O3S/c1-14(2)18-17(20)16-8-11-19(12-9-16)23(21,22)13-10-15-6-4-3-5-7-15/h3-7,10,13-14,16H,8-9,11-12H2,1-2H3,(H,18,20). The van der Waals surface area contributed by atoms with Crippen LogP contribution >= 0.6 is 0 Å². The quantitative estimate of drug-likeness (QED) is 0.896. The van der Waals surface area contributed by atoms with E-state index in [9.17, 15) is 13.2 Å². The normalized spacial score (nSPS) is 17.7. The molecular weight excluding hydrogens is 312 g/mol. The summed E-state index contributed by atoms with van der Waals surface area (Å²) < 4.78 is 26.2. The van der Waals surface area contributed by atoms with Crippen LogP contribution in [-0.2, 0) is 14.8 Å². The first kappa shape index (κ1) is 17.7. The lowest BCUT2D eigenvalue weighted by molar-refractivity contribution is -0.126. The number of sulfonamides is 1. The molecular formula is C17H24N2O3S. The number of nitrogens with one attached hydrogen (secondary N) is 1. The zero-order chi connectivity index (χ0) is 16.9. The molecule has 1 fully saturated rings. The summed E-state index contributed by atoms with van der Waals surface area (Å²) in [6.45, 7) is 4.62. The molecule has 0 aromatic heterocycles. The van der Waals surface area contributed by atoms with Crippen LogP contribution in [0.15, 0.2) is 35.7 Å². The number of hydrogen-bond acceptors (Lipinski definition) is 3. The average molecular weight is 336 g/mol. The van der Waals surface area contributed by atoms with Crippen LogP contribution in [0.2, 0.25) is 0 Å². The summed E-state index contributed by atoms with van der Waals surface area (Å²) in [6.07, 6.45) is 2.74. The molecule has 2 rings (SSSR count). The maximum atomic E-state index is 12.4. The van der Waals surface area contributed by atoms with E-state index in [4.69, 9.17) is 0 Å². The van der Waals surface area contributed by atoms with E-state index < -0.39 is 10.0 Å². The summed E-state index contributed by atoms with van der Waals surface area (Å²) in [6, 6.07) is 9.44. The number of nitrogens with zero attached hydrogens (tertiary/aromatic N) is 1. The average Bonchev–Trinajstić information content (AvgIpc) is 2.53. The molecule has 0 spiro atoms. The molecule has 1 N–H and O–H groups in total. The van der Waals surface area contributed by atoms with Gasteiger partial charge in [0.2, 0.25) is 15.9 Å². The van der Waals surface area contributed by atoms with Crippen LogP contribution in [-0.4, -0.2) is 37.8 Å². The molecule has 1 aromatic rings. The van der Waals surface area contributed by atoms with Crippen molar-refractivity contribution in [1.29, 1.82) is 0 Å². The molecule has 0 unspecified atom stereocenters. The number of amides is 1. The van der Waals surface area contributed by atoms with Crippen LogP contribution in [0.4, 0.5) is 0 Å². The molecule has 0 bridgehead atoms. The fourth-order valence-corrected chi connectivity index (χ4v) is 3.81. The molecule has 0 atom stereocenters. The molecule has 5 nitrogen and oxygen atoms in total. The zero-order valence-corrected chi connectivity index (χ0v) is 14.4. The van der Waals surface area contributed by atoms with Gasteiger partial charge in [0.15, 0.2) is 0 Å². The highest BCUT2D eigenvalue weighted by Gasteiger charge is 2.29. The van der Waals surface area contributed by atoms with E-state index in [0.29, 0.717) is 25.9 Å². The minimum atomic E-state index is -3.43. The van der Waals surface area contributed by atoms with Crippen molar-refractivity contribution in [3.05, 3.63) is 41.3 Å². The molecule has 1 aliphatic rings. The van der Waals surface area contributed by atoms with Crippen LogP contribution < -0.4 is 5.32 Å². The lowest BCUT2D eigenvalue weighted by Gasteiger charge is -2.30. The first-order valence-electron chi connectivity index (χ1n) is 7.92. The monoisotopic (exact) mass is 336 g/mol. The van der Waals surface area contributed by atoms with Crippen molar-refractivity contribution >= 4 is 22.0 Å². The van der Waals surface area contributed by atoms with Gasteiger partial charge in [0.05, 0.1) is 0 Å². The molecule has 23 heavy (non-hydrogen) atoms. The fourth-order valence-electron chi connectivity index (χ4n) is 2.59. The molecule has 0 saturated carbocycles.